The number of hydrogen-bond acceptors (Lipinski definition) is 4. The highest BCUT2D eigenvalue weighted by Crippen LogP contribution is 2.21. The van der Waals surface area contributed by atoms with E-state index in [0.717, 1.165) is 16.4 Å². The first-order chi connectivity index (χ1) is 9.47. The fraction of sp³-hybridized carbons (Fsp3) is 0.467. The first-order valence-corrected chi connectivity index (χ1v) is 7.20. The van der Waals surface area contributed by atoms with Crippen LogP contribution in [0.3, 0.4) is 0 Å². The maximum absolute atomic E-state index is 6.01. The molecule has 2 unspecified atom stereocenters. The Morgan fingerprint density at radius 1 is 1.15 bits per heavy atom. The van der Waals surface area contributed by atoms with E-state index in [0.29, 0.717) is 5.89 Å². The molecule has 1 N–H and O–H groups in total. The molecule has 2 atom stereocenters. The van der Waals surface area contributed by atoms with Crippen LogP contribution in [0.25, 0.3) is 0 Å². The molecule has 2 aromatic rings. The van der Waals surface area contributed by atoms with E-state index in [1.807, 2.05) is 45.0 Å². The number of aromatic nitrogens is 2. The van der Waals surface area contributed by atoms with Crippen molar-refractivity contribution in [2.75, 3.05) is 0 Å². The highest BCUT2D eigenvalue weighted by molar-refractivity contribution is 6.30. The number of hydrogen-bond donors (Lipinski definition) is 1. The molecule has 5 heteroatoms. The average molecular weight is 294 g/mol. The number of nitrogens with one attached hydrogen (secondary N) is 1. The van der Waals surface area contributed by atoms with E-state index in [4.69, 9.17) is 16.1 Å². The predicted octanol–water partition coefficient (Wildman–Crippen LogP) is 4.26. The molecule has 0 aliphatic heterocycles. The van der Waals surface area contributed by atoms with Gasteiger partial charge in [0.2, 0.25) is 5.89 Å². The number of rotatable bonds is 5. The van der Waals surface area contributed by atoms with Crippen molar-refractivity contribution in [2.45, 2.75) is 45.7 Å². The Morgan fingerprint density at radius 3 is 2.50 bits per heavy atom. The van der Waals surface area contributed by atoms with Crippen molar-refractivity contribution in [3.63, 3.8) is 0 Å². The van der Waals surface area contributed by atoms with Crippen molar-refractivity contribution in [1.82, 2.24) is 15.5 Å². The molecule has 1 heterocycles. The standard InChI is InChI=1S/C15H20ClN3O/c1-9(2)14-18-15(20-19-14)11(4)17-10(3)12-6-5-7-13(16)8-12/h5-11,17H,1-4H3. The van der Waals surface area contributed by atoms with Gasteiger partial charge in [-0.15, -0.1) is 0 Å². The lowest BCUT2D eigenvalue weighted by atomic mass is 10.1. The zero-order valence-corrected chi connectivity index (χ0v) is 13.0. The molecule has 0 amide bonds. The molecule has 20 heavy (non-hydrogen) atoms. The summed E-state index contributed by atoms with van der Waals surface area (Å²) in [7, 11) is 0. The summed E-state index contributed by atoms with van der Waals surface area (Å²) in [4.78, 5) is 4.41. The van der Waals surface area contributed by atoms with Crippen LogP contribution in [-0.4, -0.2) is 10.1 Å². The topological polar surface area (TPSA) is 51.0 Å². The van der Waals surface area contributed by atoms with E-state index >= 15 is 0 Å². The van der Waals surface area contributed by atoms with Gasteiger partial charge in [0, 0.05) is 17.0 Å². The molecule has 0 fully saturated rings. The van der Waals surface area contributed by atoms with Crippen LogP contribution >= 0.6 is 11.6 Å². The van der Waals surface area contributed by atoms with Crippen LogP contribution < -0.4 is 5.32 Å². The van der Waals surface area contributed by atoms with Gasteiger partial charge in [-0.25, -0.2) is 0 Å². The van der Waals surface area contributed by atoms with Crippen molar-refractivity contribution in [3.05, 3.63) is 46.6 Å². The summed E-state index contributed by atoms with van der Waals surface area (Å²) in [6, 6.07) is 7.96. The Labute approximate surface area is 124 Å². The molecule has 0 aliphatic rings. The molecular weight excluding hydrogens is 274 g/mol. The van der Waals surface area contributed by atoms with Gasteiger partial charge >= 0.3 is 0 Å². The molecule has 4 nitrogen and oxygen atoms in total. The van der Waals surface area contributed by atoms with Crippen molar-refractivity contribution in [3.8, 4) is 0 Å². The fourth-order valence-corrected chi connectivity index (χ4v) is 2.17. The smallest absolute Gasteiger partial charge is 0.243 e. The van der Waals surface area contributed by atoms with Crippen LogP contribution in [0, 0.1) is 0 Å². The Morgan fingerprint density at radius 2 is 1.90 bits per heavy atom. The van der Waals surface area contributed by atoms with Crippen LogP contribution in [0.5, 0.6) is 0 Å². The van der Waals surface area contributed by atoms with Gasteiger partial charge in [0.25, 0.3) is 0 Å². The van der Waals surface area contributed by atoms with Gasteiger partial charge in [0.15, 0.2) is 5.82 Å². The summed E-state index contributed by atoms with van der Waals surface area (Å²) < 4.78 is 5.30. The zero-order valence-electron chi connectivity index (χ0n) is 12.2. The van der Waals surface area contributed by atoms with Gasteiger partial charge in [-0.3, -0.25) is 5.32 Å². The summed E-state index contributed by atoms with van der Waals surface area (Å²) in [5.74, 6) is 1.62. The summed E-state index contributed by atoms with van der Waals surface area (Å²) in [6.45, 7) is 8.18. The maximum Gasteiger partial charge on any atom is 0.243 e. The molecule has 0 aliphatic carbocycles. The molecule has 2 rings (SSSR count). The first kappa shape index (κ1) is 15.0. The second-order valence-corrected chi connectivity index (χ2v) is 5.75. The summed E-state index contributed by atoms with van der Waals surface area (Å²) in [6.07, 6.45) is 0. The Bertz CT molecular complexity index is 568. The monoisotopic (exact) mass is 293 g/mol. The zero-order chi connectivity index (χ0) is 14.7. The van der Waals surface area contributed by atoms with Crippen molar-refractivity contribution in [1.29, 1.82) is 0 Å². The minimum atomic E-state index is -0.0102. The molecule has 108 valence electrons. The minimum absolute atomic E-state index is 0.0102. The Kier molecular flexibility index (Phi) is 4.78. The van der Waals surface area contributed by atoms with E-state index < -0.39 is 0 Å². The molecule has 0 spiro atoms. The molecule has 0 bridgehead atoms. The van der Waals surface area contributed by atoms with Gasteiger partial charge in [-0.1, -0.05) is 42.7 Å². The van der Waals surface area contributed by atoms with E-state index in [-0.39, 0.29) is 18.0 Å². The van der Waals surface area contributed by atoms with Crippen LogP contribution in [0.2, 0.25) is 5.02 Å². The first-order valence-electron chi connectivity index (χ1n) is 6.82. The van der Waals surface area contributed by atoms with Gasteiger partial charge < -0.3 is 4.52 Å². The van der Waals surface area contributed by atoms with Crippen LogP contribution in [0.15, 0.2) is 28.8 Å². The summed E-state index contributed by atoms with van der Waals surface area (Å²) in [5, 5.41) is 8.16. The Balaban J connectivity index is 2.04. The van der Waals surface area contributed by atoms with Gasteiger partial charge in [-0.05, 0) is 31.5 Å². The molecule has 1 aromatic heterocycles. The van der Waals surface area contributed by atoms with E-state index in [1.54, 1.807) is 0 Å². The van der Waals surface area contributed by atoms with Gasteiger partial charge in [0.1, 0.15) is 0 Å². The minimum Gasteiger partial charge on any atom is -0.338 e. The fourth-order valence-electron chi connectivity index (χ4n) is 1.98. The van der Waals surface area contributed by atoms with Crippen molar-refractivity contribution < 1.29 is 4.52 Å². The highest BCUT2D eigenvalue weighted by Gasteiger charge is 2.18. The van der Waals surface area contributed by atoms with Gasteiger partial charge in [-0.2, -0.15) is 4.98 Å². The van der Waals surface area contributed by atoms with E-state index in [9.17, 15) is 0 Å². The SMILES string of the molecule is CC(C)c1noc(C(C)NC(C)c2cccc(Cl)c2)n1. The largest absolute Gasteiger partial charge is 0.338 e. The third-order valence-corrected chi connectivity index (χ3v) is 3.43. The van der Waals surface area contributed by atoms with E-state index in [2.05, 4.69) is 22.4 Å². The normalized spacial score (nSPS) is 14.5. The predicted molar refractivity (Wildman–Crippen MR) is 79.8 cm³/mol. The number of halogens is 1. The lowest BCUT2D eigenvalue weighted by Gasteiger charge is -2.17. The molecule has 1 aromatic carbocycles. The van der Waals surface area contributed by atoms with Crippen molar-refractivity contribution in [2.24, 2.45) is 0 Å². The van der Waals surface area contributed by atoms with Crippen LogP contribution in [-0.2, 0) is 0 Å². The third kappa shape index (κ3) is 3.58. The number of benzene rings is 1. The second kappa shape index (κ2) is 6.37. The number of nitrogens with zero attached hydrogens (tertiary/aromatic N) is 2. The van der Waals surface area contributed by atoms with Crippen LogP contribution in [0.1, 0.15) is 63.0 Å². The third-order valence-electron chi connectivity index (χ3n) is 3.19. The second-order valence-electron chi connectivity index (χ2n) is 5.31. The lowest BCUT2D eigenvalue weighted by Crippen LogP contribution is -2.22. The summed E-state index contributed by atoms with van der Waals surface area (Å²) >= 11 is 6.01. The Hall–Kier alpha value is -1.39. The molecule has 0 saturated heterocycles. The summed E-state index contributed by atoms with van der Waals surface area (Å²) in [5.41, 5.74) is 1.13. The lowest BCUT2D eigenvalue weighted by molar-refractivity contribution is 0.324. The van der Waals surface area contributed by atoms with E-state index in [1.165, 1.54) is 0 Å². The van der Waals surface area contributed by atoms with Crippen LogP contribution in [0.4, 0.5) is 0 Å². The molecular formula is C15H20ClN3O. The van der Waals surface area contributed by atoms with Gasteiger partial charge in [0.05, 0.1) is 6.04 Å². The molecule has 0 saturated carbocycles. The quantitative estimate of drug-likeness (QED) is 0.895. The maximum atomic E-state index is 6.01. The van der Waals surface area contributed by atoms with Crippen molar-refractivity contribution >= 4 is 11.6 Å². The average Bonchev–Trinajstić information content (AvgIpc) is 2.88. The molecule has 0 radical (unpaired) electrons. The highest BCUT2D eigenvalue weighted by atomic mass is 35.5.